The van der Waals surface area contributed by atoms with Gasteiger partial charge in [-0.3, -0.25) is 0 Å². The summed E-state index contributed by atoms with van der Waals surface area (Å²) in [4.78, 5) is 13.8. The topological polar surface area (TPSA) is 59.0 Å². The highest BCUT2D eigenvalue weighted by Gasteiger charge is 2.37. The van der Waals surface area contributed by atoms with Crippen LogP contribution < -0.4 is 0 Å². The van der Waals surface area contributed by atoms with E-state index < -0.39 is 11.7 Å². The summed E-state index contributed by atoms with van der Waals surface area (Å²) in [5, 5.41) is 9.85. The summed E-state index contributed by atoms with van der Waals surface area (Å²) >= 11 is 0. The minimum Gasteiger partial charge on any atom is -0.444 e. The molecule has 1 amide bonds. The molecular weight excluding hydrogens is 270 g/mol. The van der Waals surface area contributed by atoms with Crippen LogP contribution in [0, 0.1) is 0 Å². The number of carbonyl (C=O) groups excluding carboxylic acids is 1. The molecule has 0 bridgehead atoms. The van der Waals surface area contributed by atoms with Gasteiger partial charge in [0, 0.05) is 0 Å². The lowest BCUT2D eigenvalue weighted by Gasteiger charge is -2.30. The number of ether oxygens (including phenoxy) is 2. The molecule has 5 heteroatoms. The van der Waals surface area contributed by atoms with Gasteiger partial charge in [0.05, 0.1) is 31.4 Å². The number of carbonyl (C=O) groups is 1. The molecule has 2 fully saturated rings. The van der Waals surface area contributed by atoms with E-state index in [4.69, 9.17) is 9.47 Å². The van der Waals surface area contributed by atoms with Crippen LogP contribution >= 0.6 is 0 Å². The second kappa shape index (κ2) is 6.97. The predicted molar refractivity (Wildman–Crippen MR) is 80.2 cm³/mol. The highest BCUT2D eigenvalue weighted by molar-refractivity contribution is 5.69. The second-order valence-corrected chi connectivity index (χ2v) is 7.27. The van der Waals surface area contributed by atoms with Crippen molar-refractivity contribution < 1.29 is 19.4 Å². The molecule has 1 saturated carbocycles. The zero-order valence-corrected chi connectivity index (χ0v) is 13.5. The molecule has 0 aromatic carbocycles. The molecule has 1 saturated heterocycles. The second-order valence-electron chi connectivity index (χ2n) is 7.27. The molecule has 5 nitrogen and oxygen atoms in total. The summed E-state index contributed by atoms with van der Waals surface area (Å²) in [6.07, 6.45) is 6.05. The fraction of sp³-hybridized carbons (Fsp3) is 0.938. The van der Waals surface area contributed by atoms with E-state index in [0.717, 1.165) is 12.8 Å². The van der Waals surface area contributed by atoms with Gasteiger partial charge >= 0.3 is 6.09 Å². The Morgan fingerprint density at radius 1 is 1.24 bits per heavy atom. The molecule has 1 N–H and O–H groups in total. The van der Waals surface area contributed by atoms with Crippen molar-refractivity contribution in [2.45, 2.75) is 83.1 Å². The van der Waals surface area contributed by atoms with Crippen LogP contribution in [0.5, 0.6) is 0 Å². The first-order valence-electron chi connectivity index (χ1n) is 8.14. The average molecular weight is 299 g/mol. The lowest BCUT2D eigenvalue weighted by Crippen LogP contribution is -2.42. The van der Waals surface area contributed by atoms with Gasteiger partial charge in [-0.15, -0.1) is 0 Å². The van der Waals surface area contributed by atoms with Crippen LogP contribution in [0.15, 0.2) is 0 Å². The highest BCUT2D eigenvalue weighted by Crippen LogP contribution is 2.25. The fourth-order valence-electron chi connectivity index (χ4n) is 3.07. The number of hydrogen-bond donors (Lipinski definition) is 1. The minimum atomic E-state index is -0.514. The first-order valence-corrected chi connectivity index (χ1v) is 8.14. The lowest BCUT2D eigenvalue weighted by molar-refractivity contribution is -0.0144. The zero-order chi connectivity index (χ0) is 15.5. The molecule has 122 valence electrons. The van der Waals surface area contributed by atoms with Gasteiger partial charge in [-0.1, -0.05) is 19.3 Å². The number of nitrogens with zero attached hydrogens (tertiary/aromatic N) is 1. The summed E-state index contributed by atoms with van der Waals surface area (Å²) in [7, 11) is 0. The Kier molecular flexibility index (Phi) is 5.49. The van der Waals surface area contributed by atoms with Gasteiger partial charge in [-0.25, -0.2) is 4.79 Å². The van der Waals surface area contributed by atoms with Crippen LogP contribution in [0.4, 0.5) is 4.79 Å². The van der Waals surface area contributed by atoms with Gasteiger partial charge in [0.1, 0.15) is 5.60 Å². The molecule has 0 radical (unpaired) electrons. The molecule has 0 aromatic rings. The van der Waals surface area contributed by atoms with Crippen molar-refractivity contribution in [2.24, 2.45) is 0 Å². The van der Waals surface area contributed by atoms with Crippen molar-refractivity contribution in [2.75, 3.05) is 13.2 Å². The van der Waals surface area contributed by atoms with Crippen LogP contribution in [0.25, 0.3) is 0 Å². The quantitative estimate of drug-likeness (QED) is 0.870. The predicted octanol–water partition coefficient (Wildman–Crippen LogP) is 2.71. The zero-order valence-electron chi connectivity index (χ0n) is 13.5. The number of hydrogen-bond acceptors (Lipinski definition) is 4. The van der Waals surface area contributed by atoms with E-state index in [9.17, 15) is 9.90 Å². The number of amides is 1. The minimum absolute atomic E-state index is 0.0724. The monoisotopic (exact) mass is 299 g/mol. The summed E-state index contributed by atoms with van der Waals surface area (Å²) in [5.41, 5.74) is -0.514. The summed E-state index contributed by atoms with van der Waals surface area (Å²) in [5.74, 6) is 0. The van der Waals surface area contributed by atoms with Crippen molar-refractivity contribution in [1.82, 2.24) is 4.90 Å². The highest BCUT2D eigenvalue weighted by atomic mass is 16.6. The maximum atomic E-state index is 12.2. The first kappa shape index (κ1) is 16.6. The van der Waals surface area contributed by atoms with E-state index in [-0.39, 0.29) is 12.1 Å². The molecule has 2 atom stereocenters. The maximum Gasteiger partial charge on any atom is 0.410 e. The molecule has 0 spiro atoms. The number of likely N-dealkylation sites (tertiary alicyclic amines) is 1. The molecule has 2 aliphatic rings. The van der Waals surface area contributed by atoms with Crippen LogP contribution in [0.2, 0.25) is 0 Å². The van der Waals surface area contributed by atoms with Gasteiger partial charge in [0.25, 0.3) is 0 Å². The Morgan fingerprint density at radius 3 is 2.52 bits per heavy atom. The molecule has 2 rings (SSSR count). The van der Waals surface area contributed by atoms with Crippen molar-refractivity contribution in [3.05, 3.63) is 0 Å². The third-order valence-electron chi connectivity index (χ3n) is 4.10. The molecule has 21 heavy (non-hydrogen) atoms. The SMILES string of the molecule is CC(C)(C)OC(=O)N1C[C@H](O)C[C@H]1COC1CCCCC1. The fourth-order valence-corrected chi connectivity index (χ4v) is 3.07. The molecule has 1 aliphatic carbocycles. The van der Waals surface area contributed by atoms with Crippen molar-refractivity contribution in [1.29, 1.82) is 0 Å². The van der Waals surface area contributed by atoms with E-state index >= 15 is 0 Å². The number of β-amino-alcohol motifs (C(OH)–C–C–N with tert-alkyl or cyclic N) is 1. The molecule has 0 unspecified atom stereocenters. The Balaban J connectivity index is 1.85. The van der Waals surface area contributed by atoms with Crippen LogP contribution in [-0.2, 0) is 9.47 Å². The Bertz CT molecular complexity index is 347. The maximum absolute atomic E-state index is 12.2. The van der Waals surface area contributed by atoms with Gasteiger partial charge in [0.15, 0.2) is 0 Å². The van der Waals surface area contributed by atoms with Gasteiger partial charge in [-0.2, -0.15) is 0 Å². The van der Waals surface area contributed by atoms with E-state index in [1.54, 1.807) is 4.90 Å². The lowest BCUT2D eigenvalue weighted by atomic mass is 9.98. The molecule has 1 aliphatic heterocycles. The number of aliphatic hydroxyl groups is 1. The third kappa shape index (κ3) is 5.15. The summed E-state index contributed by atoms with van der Waals surface area (Å²) in [6.45, 7) is 6.40. The third-order valence-corrected chi connectivity index (χ3v) is 4.10. The first-order chi connectivity index (χ1) is 9.85. The van der Waals surface area contributed by atoms with Crippen molar-refractivity contribution in [3.8, 4) is 0 Å². The van der Waals surface area contributed by atoms with E-state index in [1.165, 1.54) is 19.3 Å². The van der Waals surface area contributed by atoms with Crippen molar-refractivity contribution >= 4 is 6.09 Å². The Labute approximate surface area is 127 Å². The van der Waals surface area contributed by atoms with E-state index in [2.05, 4.69) is 0 Å². The normalized spacial score (nSPS) is 27.9. The van der Waals surface area contributed by atoms with Crippen LogP contribution in [0.3, 0.4) is 0 Å². The van der Waals surface area contributed by atoms with Crippen LogP contribution in [-0.4, -0.2) is 53.1 Å². The molecule has 0 aromatic heterocycles. The van der Waals surface area contributed by atoms with Crippen molar-refractivity contribution in [3.63, 3.8) is 0 Å². The molecular formula is C16H29NO4. The van der Waals surface area contributed by atoms with Crippen LogP contribution in [0.1, 0.15) is 59.3 Å². The van der Waals surface area contributed by atoms with E-state index in [0.29, 0.717) is 25.7 Å². The number of aliphatic hydroxyl groups excluding tert-OH is 1. The Hall–Kier alpha value is -0.810. The Morgan fingerprint density at radius 2 is 1.90 bits per heavy atom. The standard InChI is InChI=1S/C16H29NO4/c1-16(2,3)21-15(19)17-10-13(18)9-12(17)11-20-14-7-5-4-6-8-14/h12-14,18H,4-11H2,1-3H3/t12-,13+/m0/s1. The largest absolute Gasteiger partial charge is 0.444 e. The summed E-state index contributed by atoms with van der Waals surface area (Å²) in [6, 6.07) is -0.0724. The summed E-state index contributed by atoms with van der Waals surface area (Å²) < 4.78 is 11.4. The number of rotatable bonds is 3. The van der Waals surface area contributed by atoms with Gasteiger partial charge in [0.2, 0.25) is 0 Å². The van der Waals surface area contributed by atoms with Gasteiger partial charge in [-0.05, 0) is 40.0 Å². The van der Waals surface area contributed by atoms with Gasteiger partial charge < -0.3 is 19.5 Å². The average Bonchev–Trinajstić information content (AvgIpc) is 2.77. The molecule has 1 heterocycles. The smallest absolute Gasteiger partial charge is 0.410 e. The van der Waals surface area contributed by atoms with E-state index in [1.807, 2.05) is 20.8 Å².